The van der Waals surface area contributed by atoms with Crippen molar-refractivity contribution in [2.45, 2.75) is 46.6 Å². The molecule has 0 atom stereocenters. The van der Waals surface area contributed by atoms with Gasteiger partial charge in [-0.3, -0.25) is 0 Å². The lowest BCUT2D eigenvalue weighted by Gasteiger charge is -2.19. The average molecular weight is 198 g/mol. The molecule has 0 radical (unpaired) electrons. The van der Waals surface area contributed by atoms with Crippen LogP contribution in [0, 0.1) is 6.92 Å². The second-order valence-electron chi connectivity index (χ2n) is 4.26. The Labute approximate surface area is 84.4 Å². The third kappa shape index (κ3) is 2.99. The normalized spacial score (nSPS) is 11.8. The van der Waals surface area contributed by atoms with Crippen molar-refractivity contribution in [3.05, 3.63) is 10.6 Å². The first-order valence-electron chi connectivity index (χ1n) is 4.67. The van der Waals surface area contributed by atoms with Gasteiger partial charge in [-0.25, -0.2) is 4.98 Å². The van der Waals surface area contributed by atoms with Gasteiger partial charge >= 0.3 is 0 Å². The average Bonchev–Trinajstić information content (AvgIpc) is 2.26. The number of hydrogen-bond acceptors (Lipinski definition) is 3. The highest BCUT2D eigenvalue weighted by Crippen LogP contribution is 2.25. The predicted octanol–water partition coefficient (Wildman–Crippen LogP) is 3.22. The molecular weight excluding hydrogens is 180 g/mol. The van der Waals surface area contributed by atoms with Gasteiger partial charge in [-0.2, -0.15) is 0 Å². The smallest absolute Gasteiger partial charge is 0.183 e. The van der Waals surface area contributed by atoms with Crippen molar-refractivity contribution in [3.8, 4) is 0 Å². The van der Waals surface area contributed by atoms with Crippen LogP contribution in [0.3, 0.4) is 0 Å². The Kier molecular flexibility index (Phi) is 2.96. The molecule has 13 heavy (non-hydrogen) atoms. The number of nitrogens with zero attached hydrogens (tertiary/aromatic N) is 1. The Morgan fingerprint density at radius 1 is 1.38 bits per heavy atom. The molecule has 1 N–H and O–H groups in total. The van der Waals surface area contributed by atoms with E-state index >= 15 is 0 Å². The summed E-state index contributed by atoms with van der Waals surface area (Å²) in [5.74, 6) is 0. The van der Waals surface area contributed by atoms with E-state index < -0.39 is 0 Å². The lowest BCUT2D eigenvalue weighted by molar-refractivity contribution is 0.633. The molecule has 0 aromatic carbocycles. The largest absolute Gasteiger partial charge is 0.357 e. The van der Waals surface area contributed by atoms with Gasteiger partial charge in [0, 0.05) is 10.4 Å². The molecule has 74 valence electrons. The second-order valence-corrected chi connectivity index (χ2v) is 5.34. The zero-order chi connectivity index (χ0) is 10.1. The van der Waals surface area contributed by atoms with Crippen molar-refractivity contribution in [3.63, 3.8) is 0 Å². The molecule has 0 aliphatic rings. The Balaban J connectivity index is 2.80. The number of aromatic nitrogens is 1. The van der Waals surface area contributed by atoms with Gasteiger partial charge in [-0.05, 0) is 34.1 Å². The first kappa shape index (κ1) is 10.5. The Morgan fingerprint density at radius 3 is 2.38 bits per heavy atom. The van der Waals surface area contributed by atoms with Crippen molar-refractivity contribution in [1.82, 2.24) is 4.98 Å². The van der Waals surface area contributed by atoms with Gasteiger partial charge in [-0.15, -0.1) is 11.3 Å². The summed E-state index contributed by atoms with van der Waals surface area (Å²) in [5, 5.41) is 4.43. The highest BCUT2D eigenvalue weighted by atomic mass is 32.1. The van der Waals surface area contributed by atoms with E-state index in [1.54, 1.807) is 11.3 Å². The van der Waals surface area contributed by atoms with E-state index in [-0.39, 0.29) is 5.54 Å². The van der Waals surface area contributed by atoms with Crippen LogP contribution in [0.1, 0.15) is 38.3 Å². The molecule has 1 aromatic heterocycles. The molecule has 0 spiro atoms. The summed E-state index contributed by atoms with van der Waals surface area (Å²) in [5.41, 5.74) is 1.27. The molecule has 2 nitrogen and oxygen atoms in total. The minimum atomic E-state index is 0.106. The number of aryl methyl sites for hydroxylation is 2. The van der Waals surface area contributed by atoms with Crippen molar-refractivity contribution in [2.24, 2.45) is 0 Å². The molecule has 0 bridgehead atoms. The van der Waals surface area contributed by atoms with Crippen LogP contribution in [0.2, 0.25) is 0 Å². The fourth-order valence-corrected chi connectivity index (χ4v) is 2.24. The third-order valence-electron chi connectivity index (χ3n) is 1.70. The van der Waals surface area contributed by atoms with Gasteiger partial charge in [0.25, 0.3) is 0 Å². The molecule has 3 heteroatoms. The Hall–Kier alpha value is -0.570. The van der Waals surface area contributed by atoms with Crippen molar-refractivity contribution >= 4 is 16.5 Å². The second kappa shape index (κ2) is 3.66. The van der Waals surface area contributed by atoms with Crippen LogP contribution < -0.4 is 5.32 Å². The number of nitrogens with one attached hydrogen (secondary N) is 1. The number of thiazole rings is 1. The highest BCUT2D eigenvalue weighted by Gasteiger charge is 2.13. The van der Waals surface area contributed by atoms with Crippen LogP contribution in [-0.4, -0.2) is 10.5 Å². The van der Waals surface area contributed by atoms with Crippen LogP contribution >= 0.6 is 11.3 Å². The minimum Gasteiger partial charge on any atom is -0.357 e. The topological polar surface area (TPSA) is 24.9 Å². The summed E-state index contributed by atoms with van der Waals surface area (Å²) in [6, 6.07) is 0. The number of hydrogen-bond donors (Lipinski definition) is 1. The van der Waals surface area contributed by atoms with E-state index in [0.717, 1.165) is 11.6 Å². The van der Waals surface area contributed by atoms with Gasteiger partial charge < -0.3 is 5.32 Å². The molecule has 0 fully saturated rings. The SMILES string of the molecule is CCc1sc(NC(C)(C)C)nc1C. The van der Waals surface area contributed by atoms with Crippen molar-refractivity contribution in [2.75, 3.05) is 5.32 Å². The van der Waals surface area contributed by atoms with Gasteiger partial charge in [-0.1, -0.05) is 6.92 Å². The summed E-state index contributed by atoms with van der Waals surface area (Å²) < 4.78 is 0. The lowest BCUT2D eigenvalue weighted by atomic mass is 10.1. The van der Waals surface area contributed by atoms with E-state index in [1.807, 2.05) is 0 Å². The van der Waals surface area contributed by atoms with Gasteiger partial charge in [0.15, 0.2) is 5.13 Å². The van der Waals surface area contributed by atoms with E-state index in [9.17, 15) is 0 Å². The molecule has 0 saturated heterocycles. The summed E-state index contributed by atoms with van der Waals surface area (Å²) in [7, 11) is 0. The maximum absolute atomic E-state index is 4.47. The summed E-state index contributed by atoms with van der Waals surface area (Å²) in [4.78, 5) is 5.86. The van der Waals surface area contributed by atoms with Crippen LogP contribution in [0.25, 0.3) is 0 Å². The van der Waals surface area contributed by atoms with Crippen LogP contribution in [0.4, 0.5) is 5.13 Å². The van der Waals surface area contributed by atoms with Crippen LogP contribution in [0.5, 0.6) is 0 Å². The highest BCUT2D eigenvalue weighted by molar-refractivity contribution is 7.15. The monoisotopic (exact) mass is 198 g/mol. The third-order valence-corrected chi connectivity index (χ3v) is 2.91. The van der Waals surface area contributed by atoms with E-state index in [2.05, 4.69) is 44.9 Å². The van der Waals surface area contributed by atoms with Gasteiger partial charge in [0.1, 0.15) is 0 Å². The Bertz CT molecular complexity index is 284. The maximum atomic E-state index is 4.47. The number of anilines is 1. The van der Waals surface area contributed by atoms with Crippen molar-refractivity contribution in [1.29, 1.82) is 0 Å². The maximum Gasteiger partial charge on any atom is 0.183 e. The fourth-order valence-electron chi connectivity index (χ4n) is 1.13. The number of rotatable bonds is 2. The zero-order valence-corrected chi connectivity index (χ0v) is 9.88. The lowest BCUT2D eigenvalue weighted by Crippen LogP contribution is -2.25. The molecule has 0 amide bonds. The molecule has 0 unspecified atom stereocenters. The summed E-state index contributed by atoms with van der Waals surface area (Å²) >= 11 is 1.76. The molecule has 0 aliphatic carbocycles. The van der Waals surface area contributed by atoms with Crippen LogP contribution in [0.15, 0.2) is 0 Å². The molecular formula is C10H18N2S. The summed E-state index contributed by atoms with van der Waals surface area (Å²) in [6.07, 6.45) is 1.08. The molecule has 1 heterocycles. The fraction of sp³-hybridized carbons (Fsp3) is 0.700. The quantitative estimate of drug-likeness (QED) is 0.789. The van der Waals surface area contributed by atoms with Crippen LogP contribution in [-0.2, 0) is 6.42 Å². The molecule has 1 aromatic rings. The first-order valence-corrected chi connectivity index (χ1v) is 5.48. The van der Waals surface area contributed by atoms with E-state index in [0.29, 0.717) is 0 Å². The van der Waals surface area contributed by atoms with Gasteiger partial charge in [0.05, 0.1) is 5.69 Å². The molecule has 0 saturated carbocycles. The Morgan fingerprint density at radius 2 is 2.00 bits per heavy atom. The van der Waals surface area contributed by atoms with E-state index in [1.165, 1.54) is 10.6 Å². The predicted molar refractivity (Wildman–Crippen MR) is 59.6 cm³/mol. The van der Waals surface area contributed by atoms with E-state index in [4.69, 9.17) is 0 Å². The molecule has 1 rings (SSSR count). The minimum absolute atomic E-state index is 0.106. The van der Waals surface area contributed by atoms with Gasteiger partial charge in [0.2, 0.25) is 0 Å². The first-order chi connectivity index (χ1) is 5.92. The zero-order valence-electron chi connectivity index (χ0n) is 9.06. The van der Waals surface area contributed by atoms with Crippen molar-refractivity contribution < 1.29 is 0 Å². The molecule has 0 aliphatic heterocycles. The summed E-state index contributed by atoms with van der Waals surface area (Å²) in [6.45, 7) is 10.7. The standard InChI is InChI=1S/C10H18N2S/c1-6-8-7(2)11-9(13-8)12-10(3,4)5/h6H2,1-5H3,(H,11,12).